The van der Waals surface area contributed by atoms with E-state index in [4.69, 9.17) is 0 Å². The number of aryl methyl sites for hydroxylation is 1. The van der Waals surface area contributed by atoms with Crippen molar-refractivity contribution in [2.24, 2.45) is 0 Å². The summed E-state index contributed by atoms with van der Waals surface area (Å²) < 4.78 is 88.5. The predicted molar refractivity (Wildman–Crippen MR) is 144 cm³/mol. The van der Waals surface area contributed by atoms with E-state index in [1.165, 1.54) is 12.1 Å². The number of nitrogens with zero attached hydrogens (tertiary/aromatic N) is 1. The number of hydrogen-bond acceptors (Lipinski definition) is 4. The number of benzene rings is 2. The molecule has 0 saturated heterocycles. The molecule has 2 aromatic rings. The highest BCUT2D eigenvalue weighted by molar-refractivity contribution is 7.91. The van der Waals surface area contributed by atoms with Crippen LogP contribution in [-0.4, -0.2) is 56.2 Å². The van der Waals surface area contributed by atoms with Gasteiger partial charge < -0.3 is 10.0 Å². The van der Waals surface area contributed by atoms with E-state index in [9.17, 15) is 35.5 Å². The molecule has 0 amide bonds. The third-order valence-corrected chi connectivity index (χ3v) is 8.68. The van der Waals surface area contributed by atoms with Crippen molar-refractivity contribution in [2.45, 2.75) is 64.0 Å². The summed E-state index contributed by atoms with van der Waals surface area (Å²) in [6, 6.07) is 8.93. The fraction of sp³-hybridized carbons (Fsp3) is 0.517. The van der Waals surface area contributed by atoms with E-state index >= 15 is 0 Å². The van der Waals surface area contributed by atoms with Crippen molar-refractivity contribution >= 4 is 21.0 Å². The van der Waals surface area contributed by atoms with Crippen LogP contribution in [0.1, 0.15) is 68.1 Å². The highest BCUT2D eigenvalue weighted by Crippen LogP contribution is 2.40. The van der Waals surface area contributed by atoms with E-state index in [0.29, 0.717) is 31.5 Å². The second-order valence-electron chi connectivity index (χ2n) is 10.3. The Morgan fingerprint density at radius 1 is 0.897 bits per heavy atom. The molecule has 0 bridgehead atoms. The van der Waals surface area contributed by atoms with Gasteiger partial charge in [-0.25, -0.2) is 17.2 Å². The molecule has 2 aromatic carbocycles. The Kier molecular flexibility index (Phi) is 11.0. The highest BCUT2D eigenvalue weighted by atomic mass is 32.2. The van der Waals surface area contributed by atoms with E-state index in [2.05, 4.69) is 0 Å². The maximum atomic E-state index is 14.8. The van der Waals surface area contributed by atoms with Gasteiger partial charge in [-0.15, -0.1) is 0 Å². The van der Waals surface area contributed by atoms with Crippen LogP contribution in [0.4, 0.5) is 22.0 Å². The third kappa shape index (κ3) is 9.90. The number of phenolic OH excluding ortho intramolecular Hbond substituents is 1. The van der Waals surface area contributed by atoms with Gasteiger partial charge >= 0.3 is 6.18 Å². The fourth-order valence-corrected chi connectivity index (χ4v) is 6.40. The summed E-state index contributed by atoms with van der Waals surface area (Å²) in [5, 5.41) is 9.98. The number of phenols is 1. The predicted octanol–water partition coefficient (Wildman–Crippen LogP) is 7.17. The molecule has 10 heteroatoms. The lowest BCUT2D eigenvalue weighted by Gasteiger charge is -2.18. The molecule has 0 radical (unpaired) electrons. The number of alkyl halides is 3. The number of sulfone groups is 1. The molecule has 0 aromatic heterocycles. The van der Waals surface area contributed by atoms with Gasteiger partial charge in [0.1, 0.15) is 23.1 Å². The van der Waals surface area contributed by atoms with E-state index < -0.39 is 39.2 Å². The molecule has 0 aliphatic heterocycles. The zero-order valence-electron chi connectivity index (χ0n) is 22.2. The molecule has 1 N–H and O–H groups in total. The summed E-state index contributed by atoms with van der Waals surface area (Å²) in [6.07, 6.45) is 1.86. The zero-order chi connectivity index (χ0) is 28.6. The van der Waals surface area contributed by atoms with Gasteiger partial charge in [0, 0.05) is 11.6 Å². The molecule has 39 heavy (non-hydrogen) atoms. The average molecular weight is 574 g/mol. The van der Waals surface area contributed by atoms with Gasteiger partial charge in [0.05, 0.1) is 5.75 Å². The molecule has 4 nitrogen and oxygen atoms in total. The first kappa shape index (κ1) is 31.1. The Morgan fingerprint density at radius 2 is 1.59 bits per heavy atom. The van der Waals surface area contributed by atoms with Crippen LogP contribution in [0.5, 0.6) is 5.75 Å². The Hall–Kier alpha value is -2.46. The van der Waals surface area contributed by atoms with Crippen LogP contribution in [0.2, 0.25) is 0 Å². The molecule has 0 saturated carbocycles. The third-order valence-electron chi connectivity index (χ3n) is 7.00. The van der Waals surface area contributed by atoms with Crippen molar-refractivity contribution in [1.82, 2.24) is 4.90 Å². The lowest BCUT2D eigenvalue weighted by molar-refractivity contribution is -0.106. The normalized spacial score (nSPS) is 14.5. The molecule has 0 atom stereocenters. The van der Waals surface area contributed by atoms with Crippen molar-refractivity contribution in [1.29, 1.82) is 0 Å². The Labute approximate surface area is 227 Å². The van der Waals surface area contributed by atoms with E-state index in [1.807, 2.05) is 18.0 Å². The van der Waals surface area contributed by atoms with Crippen molar-refractivity contribution in [3.05, 3.63) is 64.7 Å². The Morgan fingerprint density at radius 3 is 2.31 bits per heavy atom. The van der Waals surface area contributed by atoms with Gasteiger partial charge in [-0.3, -0.25) is 0 Å². The van der Waals surface area contributed by atoms with E-state index in [0.717, 1.165) is 66.9 Å². The molecular weight excluding hydrogens is 537 g/mol. The van der Waals surface area contributed by atoms with Crippen LogP contribution < -0.4 is 0 Å². The summed E-state index contributed by atoms with van der Waals surface area (Å²) in [6.45, 7) is 1.11. The van der Waals surface area contributed by atoms with Crippen LogP contribution in [0.15, 0.2) is 36.4 Å². The van der Waals surface area contributed by atoms with Crippen LogP contribution in [0.25, 0.3) is 11.1 Å². The molecule has 0 heterocycles. The second-order valence-corrected chi connectivity index (χ2v) is 12.5. The minimum absolute atomic E-state index is 0.154. The smallest absolute Gasteiger partial charge is 0.402 e. The minimum atomic E-state index is -4.71. The number of aromatic hydroxyl groups is 1. The standard InChI is InChI=1S/C29H36F5NO3S/c1-35(16-7-17-39(37,38)20-29(32,33)34)15-5-3-2-4-9-25-24-14-12-23(36)18-21(24)8-6-10-26(25)27-13-11-22(30)19-28(27)31/h11-14,18-19,36H,2-10,15-17,20H2,1H3. The van der Waals surface area contributed by atoms with Crippen LogP contribution in [0, 0.1) is 11.6 Å². The Balaban J connectivity index is 1.55. The lowest BCUT2D eigenvalue weighted by atomic mass is 9.88. The molecular formula is C29H36F5NO3S. The van der Waals surface area contributed by atoms with Crippen molar-refractivity contribution in [2.75, 3.05) is 31.6 Å². The topological polar surface area (TPSA) is 57.6 Å². The SMILES string of the molecule is CN(CCCCCCC1=C(c2ccc(F)cc2F)CCCc2cc(O)ccc21)CCCS(=O)(=O)CC(F)(F)F. The van der Waals surface area contributed by atoms with E-state index in [-0.39, 0.29) is 12.2 Å². The highest BCUT2D eigenvalue weighted by Gasteiger charge is 2.34. The molecule has 1 aliphatic rings. The van der Waals surface area contributed by atoms with Crippen molar-refractivity contribution in [3.63, 3.8) is 0 Å². The average Bonchev–Trinajstić information content (AvgIpc) is 2.98. The summed E-state index contributed by atoms with van der Waals surface area (Å²) in [5.41, 5.74) is 4.30. The molecule has 216 valence electrons. The molecule has 1 aliphatic carbocycles. The van der Waals surface area contributed by atoms with Gasteiger partial charge in [-0.1, -0.05) is 18.9 Å². The van der Waals surface area contributed by atoms with Crippen LogP contribution >= 0.6 is 0 Å². The van der Waals surface area contributed by atoms with Gasteiger partial charge in [-0.05, 0) is 112 Å². The van der Waals surface area contributed by atoms with Gasteiger partial charge in [0.15, 0.2) is 9.84 Å². The van der Waals surface area contributed by atoms with Gasteiger partial charge in [0.25, 0.3) is 0 Å². The molecule has 0 fully saturated rings. The molecule has 0 spiro atoms. The number of halogens is 5. The second kappa shape index (κ2) is 13.7. The summed E-state index contributed by atoms with van der Waals surface area (Å²) in [4.78, 5) is 1.93. The minimum Gasteiger partial charge on any atom is -0.508 e. The molecule has 0 unspecified atom stereocenters. The van der Waals surface area contributed by atoms with Crippen LogP contribution in [0.3, 0.4) is 0 Å². The fourth-order valence-electron chi connectivity index (χ4n) is 5.19. The number of rotatable bonds is 13. The van der Waals surface area contributed by atoms with Crippen molar-refractivity contribution in [3.8, 4) is 5.75 Å². The Bertz CT molecular complexity index is 1260. The van der Waals surface area contributed by atoms with Crippen LogP contribution in [-0.2, 0) is 16.3 Å². The first-order valence-corrected chi connectivity index (χ1v) is 15.1. The first-order chi connectivity index (χ1) is 18.3. The first-order valence-electron chi connectivity index (χ1n) is 13.3. The number of allylic oxidation sites excluding steroid dienone is 2. The zero-order valence-corrected chi connectivity index (χ0v) is 23.0. The molecule has 3 rings (SSSR count). The van der Waals surface area contributed by atoms with Crippen molar-refractivity contribution < 1.29 is 35.5 Å². The summed E-state index contributed by atoms with van der Waals surface area (Å²) >= 11 is 0. The quantitative estimate of drug-likeness (QED) is 0.204. The summed E-state index contributed by atoms with van der Waals surface area (Å²) in [7, 11) is -2.32. The maximum absolute atomic E-state index is 14.8. The number of unbranched alkanes of at least 4 members (excludes halogenated alkanes) is 3. The van der Waals surface area contributed by atoms with Gasteiger partial charge in [-0.2, -0.15) is 13.2 Å². The van der Waals surface area contributed by atoms with E-state index in [1.54, 1.807) is 12.1 Å². The number of hydrogen-bond donors (Lipinski definition) is 1. The largest absolute Gasteiger partial charge is 0.508 e. The van der Waals surface area contributed by atoms with Gasteiger partial charge in [0.2, 0.25) is 0 Å². The summed E-state index contributed by atoms with van der Waals surface area (Å²) in [5.74, 6) is -3.28. The maximum Gasteiger partial charge on any atom is 0.402 e. The monoisotopic (exact) mass is 573 g/mol. The lowest BCUT2D eigenvalue weighted by Crippen LogP contribution is -2.27. The number of fused-ring (bicyclic) bond motifs is 1.